The van der Waals surface area contributed by atoms with Crippen molar-refractivity contribution in [3.63, 3.8) is 0 Å². The van der Waals surface area contributed by atoms with Crippen LogP contribution in [0.2, 0.25) is 0 Å². The zero-order valence-corrected chi connectivity index (χ0v) is 19.7. The van der Waals surface area contributed by atoms with Gasteiger partial charge in [0.25, 0.3) is 0 Å². The first-order chi connectivity index (χ1) is 14.7. The van der Waals surface area contributed by atoms with Gasteiger partial charge < -0.3 is 10.6 Å². The van der Waals surface area contributed by atoms with Gasteiger partial charge in [-0.15, -0.1) is 0 Å². The topological polar surface area (TPSA) is 78.5 Å². The first kappa shape index (κ1) is 25.0. The average Bonchev–Trinajstić information content (AvgIpc) is 3.27. The van der Waals surface area contributed by atoms with Gasteiger partial charge in [-0.1, -0.05) is 20.8 Å². The number of benzene rings is 1. The van der Waals surface area contributed by atoms with E-state index in [9.17, 15) is 26.4 Å². The second-order valence-corrected chi connectivity index (χ2v) is 12.0. The lowest BCUT2D eigenvalue weighted by molar-refractivity contribution is -0.137. The summed E-state index contributed by atoms with van der Waals surface area (Å²) in [4.78, 5) is 12.7. The Morgan fingerprint density at radius 2 is 1.75 bits per heavy atom. The molecule has 6 nitrogen and oxygen atoms in total. The van der Waals surface area contributed by atoms with E-state index >= 15 is 0 Å². The summed E-state index contributed by atoms with van der Waals surface area (Å²) in [6.45, 7) is 6.77. The molecular weight excluding hydrogens is 443 g/mol. The molecule has 180 valence electrons. The van der Waals surface area contributed by atoms with Gasteiger partial charge in [0.15, 0.2) is 0 Å². The fourth-order valence-electron chi connectivity index (χ4n) is 4.79. The molecule has 1 aliphatic carbocycles. The monoisotopic (exact) mass is 475 g/mol. The number of carbonyl (C=O) groups excluding carboxylic acids is 1. The van der Waals surface area contributed by atoms with Crippen LogP contribution < -0.4 is 10.6 Å². The van der Waals surface area contributed by atoms with Crippen LogP contribution in [-0.2, 0) is 21.0 Å². The SMILES string of the molecule is CN[C@@H](CC(C)(C)C)C(=O)N[C@H]1CC[C@@H]2CN(S(=O)(=O)c3ccc(C(F)(F)F)cc3)C[C@@H]21. The van der Waals surface area contributed by atoms with Crippen LogP contribution in [0.15, 0.2) is 29.2 Å². The van der Waals surface area contributed by atoms with Gasteiger partial charge in [-0.3, -0.25) is 4.79 Å². The van der Waals surface area contributed by atoms with Crippen molar-refractivity contribution in [3.05, 3.63) is 29.8 Å². The minimum atomic E-state index is -4.52. The molecule has 32 heavy (non-hydrogen) atoms. The van der Waals surface area contributed by atoms with Crippen molar-refractivity contribution in [2.24, 2.45) is 17.3 Å². The van der Waals surface area contributed by atoms with Crippen LogP contribution in [0.1, 0.15) is 45.6 Å². The molecule has 0 aromatic heterocycles. The lowest BCUT2D eigenvalue weighted by Gasteiger charge is -2.28. The summed E-state index contributed by atoms with van der Waals surface area (Å²) in [5.41, 5.74) is -0.907. The van der Waals surface area contributed by atoms with Crippen LogP contribution in [0.4, 0.5) is 13.2 Å². The highest BCUT2D eigenvalue weighted by atomic mass is 32.2. The maximum atomic E-state index is 13.0. The summed E-state index contributed by atoms with van der Waals surface area (Å²) in [7, 11) is -2.15. The van der Waals surface area contributed by atoms with Gasteiger partial charge >= 0.3 is 6.18 Å². The molecule has 1 saturated heterocycles. The van der Waals surface area contributed by atoms with Gasteiger partial charge in [0.2, 0.25) is 15.9 Å². The molecule has 0 radical (unpaired) electrons. The molecule has 0 bridgehead atoms. The quantitative estimate of drug-likeness (QED) is 0.662. The fraction of sp³-hybridized carbons (Fsp3) is 0.682. The second kappa shape index (κ2) is 8.95. The highest BCUT2D eigenvalue weighted by Gasteiger charge is 2.47. The number of nitrogens with zero attached hydrogens (tertiary/aromatic N) is 1. The molecule has 1 aromatic carbocycles. The Bertz CT molecular complexity index is 926. The minimum absolute atomic E-state index is 0.00434. The van der Waals surface area contributed by atoms with Crippen LogP contribution in [0.5, 0.6) is 0 Å². The zero-order valence-electron chi connectivity index (χ0n) is 18.9. The molecule has 3 rings (SSSR count). The number of alkyl halides is 3. The van der Waals surface area contributed by atoms with Crippen molar-refractivity contribution in [2.75, 3.05) is 20.1 Å². The maximum Gasteiger partial charge on any atom is 0.416 e. The number of halogens is 3. The van der Waals surface area contributed by atoms with Crippen LogP contribution in [0.25, 0.3) is 0 Å². The number of nitrogens with one attached hydrogen (secondary N) is 2. The summed E-state index contributed by atoms with van der Waals surface area (Å²) in [6, 6.07) is 3.16. The van der Waals surface area contributed by atoms with E-state index in [4.69, 9.17) is 0 Å². The Morgan fingerprint density at radius 3 is 2.28 bits per heavy atom. The molecule has 2 N–H and O–H groups in total. The average molecular weight is 476 g/mol. The number of hydrogen-bond acceptors (Lipinski definition) is 4. The third-order valence-corrected chi connectivity index (χ3v) is 8.30. The Labute approximate surface area is 188 Å². The minimum Gasteiger partial charge on any atom is -0.352 e. The van der Waals surface area contributed by atoms with Gasteiger partial charge in [-0.05, 0) is 67.8 Å². The molecule has 1 aliphatic heterocycles. The maximum absolute atomic E-state index is 13.0. The van der Waals surface area contributed by atoms with Gasteiger partial charge in [0.1, 0.15) is 0 Å². The summed E-state index contributed by atoms with van der Waals surface area (Å²) in [5.74, 6) is 0.0348. The smallest absolute Gasteiger partial charge is 0.352 e. The molecule has 1 aromatic rings. The van der Waals surface area contributed by atoms with E-state index in [1.54, 1.807) is 7.05 Å². The first-order valence-corrected chi connectivity index (χ1v) is 12.3. The Morgan fingerprint density at radius 1 is 1.12 bits per heavy atom. The number of fused-ring (bicyclic) bond motifs is 1. The van der Waals surface area contributed by atoms with Crippen molar-refractivity contribution in [1.29, 1.82) is 0 Å². The van der Waals surface area contributed by atoms with Gasteiger partial charge in [0, 0.05) is 19.1 Å². The van der Waals surface area contributed by atoms with Crippen LogP contribution in [0, 0.1) is 17.3 Å². The van der Waals surface area contributed by atoms with E-state index in [1.807, 2.05) is 0 Å². The lowest BCUT2D eigenvalue weighted by atomic mass is 9.87. The summed E-state index contributed by atoms with van der Waals surface area (Å²) >= 11 is 0. The number of sulfonamides is 1. The Hall–Kier alpha value is -1.65. The molecule has 0 spiro atoms. The third-order valence-electron chi connectivity index (χ3n) is 6.45. The lowest BCUT2D eigenvalue weighted by Crippen LogP contribution is -2.49. The first-order valence-electron chi connectivity index (χ1n) is 10.9. The molecule has 0 unspecified atom stereocenters. The molecule has 1 amide bonds. The number of rotatable bonds is 6. The van der Waals surface area contributed by atoms with E-state index in [-0.39, 0.29) is 46.7 Å². The summed E-state index contributed by atoms with van der Waals surface area (Å²) < 4.78 is 65.8. The van der Waals surface area contributed by atoms with Crippen molar-refractivity contribution in [2.45, 2.75) is 63.2 Å². The fourth-order valence-corrected chi connectivity index (χ4v) is 6.32. The highest BCUT2D eigenvalue weighted by Crippen LogP contribution is 2.40. The van der Waals surface area contributed by atoms with Crippen molar-refractivity contribution >= 4 is 15.9 Å². The largest absolute Gasteiger partial charge is 0.416 e. The van der Waals surface area contributed by atoms with Crippen LogP contribution in [0.3, 0.4) is 0 Å². The molecule has 10 heteroatoms. The second-order valence-electron chi connectivity index (χ2n) is 10.1. The molecule has 1 heterocycles. The van der Waals surface area contributed by atoms with Crippen molar-refractivity contribution in [1.82, 2.24) is 14.9 Å². The summed E-state index contributed by atoms with van der Waals surface area (Å²) in [6.07, 6.45) is -2.25. The normalized spacial score (nSPS) is 25.5. The van der Waals surface area contributed by atoms with E-state index in [1.165, 1.54) is 4.31 Å². The molecule has 2 aliphatic rings. The number of carbonyl (C=O) groups is 1. The van der Waals surface area contributed by atoms with Crippen molar-refractivity contribution in [3.8, 4) is 0 Å². The van der Waals surface area contributed by atoms with E-state index in [0.29, 0.717) is 13.0 Å². The standard InChI is InChI=1S/C22H32F3N3O3S/c1-21(2,3)11-19(26-4)20(29)27-18-10-5-14-12-28(13-17(14)18)32(30,31)16-8-6-15(7-9-16)22(23,24)25/h6-9,14,17-19,26H,5,10-13H2,1-4H3,(H,27,29)/t14-,17+,18+,19+/m1/s1. The molecule has 1 saturated carbocycles. The summed E-state index contributed by atoms with van der Waals surface area (Å²) in [5, 5.41) is 6.18. The predicted octanol–water partition coefficient (Wildman–Crippen LogP) is 3.24. The predicted molar refractivity (Wildman–Crippen MR) is 115 cm³/mol. The number of amides is 1. The zero-order chi connectivity index (χ0) is 23.9. The van der Waals surface area contributed by atoms with E-state index in [0.717, 1.165) is 37.1 Å². The van der Waals surface area contributed by atoms with Crippen LogP contribution in [-0.4, -0.2) is 50.9 Å². The van der Waals surface area contributed by atoms with E-state index in [2.05, 4.69) is 31.4 Å². The third kappa shape index (κ3) is 5.46. The Kier molecular flexibility index (Phi) is 6.98. The van der Waals surface area contributed by atoms with Gasteiger partial charge in [-0.2, -0.15) is 17.5 Å². The Balaban J connectivity index is 1.68. The molecule has 2 fully saturated rings. The van der Waals surface area contributed by atoms with Crippen molar-refractivity contribution < 1.29 is 26.4 Å². The van der Waals surface area contributed by atoms with Gasteiger partial charge in [0.05, 0.1) is 16.5 Å². The van der Waals surface area contributed by atoms with Crippen LogP contribution >= 0.6 is 0 Å². The van der Waals surface area contributed by atoms with Gasteiger partial charge in [-0.25, -0.2) is 8.42 Å². The number of hydrogen-bond donors (Lipinski definition) is 2. The molecule has 4 atom stereocenters. The molecular formula is C22H32F3N3O3S. The highest BCUT2D eigenvalue weighted by molar-refractivity contribution is 7.89. The van der Waals surface area contributed by atoms with E-state index < -0.39 is 21.8 Å². The number of likely N-dealkylation sites (N-methyl/N-ethyl adjacent to an activating group) is 1.